The van der Waals surface area contributed by atoms with Crippen LogP contribution in [0.1, 0.15) is 23.2 Å². The monoisotopic (exact) mass is 499 g/mol. The van der Waals surface area contributed by atoms with Gasteiger partial charge < -0.3 is 4.90 Å². The summed E-state index contributed by atoms with van der Waals surface area (Å²) in [4.78, 5) is 21.3. The van der Waals surface area contributed by atoms with Gasteiger partial charge in [-0.15, -0.1) is 0 Å². The van der Waals surface area contributed by atoms with Crippen molar-refractivity contribution in [1.82, 2.24) is 20.3 Å². The van der Waals surface area contributed by atoms with Crippen LogP contribution in [0.25, 0.3) is 0 Å². The standard InChI is InChI=1S/C18H13Cl2F6N5O/c19-11-4-9(17(21,22)23)6-27-13(11)8-31-3-1-2-14(31)16(32)30-29-15-12(20)5-10(7-28-15)18(24,25)26/h1,3-7,14H,2,8H2,(H,28,29)(H,30,32). The zero-order valence-electron chi connectivity index (χ0n) is 15.7. The first-order chi connectivity index (χ1) is 14.9. The smallest absolute Gasteiger partial charge is 0.360 e. The molecule has 0 aromatic carbocycles. The number of amides is 1. The van der Waals surface area contributed by atoms with Crippen molar-refractivity contribution >= 4 is 34.9 Å². The predicted molar refractivity (Wildman–Crippen MR) is 103 cm³/mol. The van der Waals surface area contributed by atoms with E-state index in [1.54, 1.807) is 12.3 Å². The Morgan fingerprint density at radius 2 is 1.62 bits per heavy atom. The maximum absolute atomic E-state index is 12.8. The first-order valence-electron chi connectivity index (χ1n) is 8.79. The number of hydrogen-bond donors (Lipinski definition) is 2. The molecule has 14 heteroatoms. The van der Waals surface area contributed by atoms with Crippen LogP contribution in [-0.2, 0) is 23.7 Å². The molecular formula is C18H13Cl2F6N5O. The lowest BCUT2D eigenvalue weighted by atomic mass is 10.2. The second kappa shape index (κ2) is 9.02. The molecule has 1 atom stereocenters. The minimum atomic E-state index is -4.62. The fourth-order valence-electron chi connectivity index (χ4n) is 2.78. The number of rotatable bonds is 5. The van der Waals surface area contributed by atoms with Crippen LogP contribution in [-0.4, -0.2) is 26.8 Å². The molecule has 0 radical (unpaired) electrons. The maximum Gasteiger partial charge on any atom is 0.417 e. The van der Waals surface area contributed by atoms with Crippen LogP contribution >= 0.6 is 23.2 Å². The summed E-state index contributed by atoms with van der Waals surface area (Å²) in [6.45, 7) is -0.0508. The van der Waals surface area contributed by atoms with E-state index in [-0.39, 0.29) is 34.5 Å². The molecule has 1 unspecified atom stereocenters. The van der Waals surface area contributed by atoms with Gasteiger partial charge in [0.1, 0.15) is 6.04 Å². The highest BCUT2D eigenvalue weighted by atomic mass is 35.5. The number of carbonyl (C=O) groups excluding carboxylic acids is 1. The van der Waals surface area contributed by atoms with E-state index in [1.807, 2.05) is 0 Å². The molecule has 0 saturated carbocycles. The van der Waals surface area contributed by atoms with Gasteiger partial charge in [-0.1, -0.05) is 29.3 Å². The van der Waals surface area contributed by atoms with Gasteiger partial charge in [-0.2, -0.15) is 26.3 Å². The number of hydrogen-bond acceptors (Lipinski definition) is 5. The van der Waals surface area contributed by atoms with E-state index in [0.717, 1.165) is 6.07 Å². The van der Waals surface area contributed by atoms with E-state index in [9.17, 15) is 31.1 Å². The molecule has 3 rings (SSSR count). The molecule has 0 bridgehead atoms. The third-order valence-electron chi connectivity index (χ3n) is 4.41. The molecule has 32 heavy (non-hydrogen) atoms. The number of alkyl halides is 6. The van der Waals surface area contributed by atoms with Crippen molar-refractivity contribution in [2.24, 2.45) is 0 Å². The number of aromatic nitrogens is 2. The number of nitrogens with zero attached hydrogens (tertiary/aromatic N) is 3. The quantitative estimate of drug-likeness (QED) is 0.444. The van der Waals surface area contributed by atoms with Gasteiger partial charge in [0.25, 0.3) is 5.91 Å². The number of carbonyl (C=O) groups is 1. The Hall–Kier alpha value is -2.73. The number of hydrazine groups is 1. The molecular weight excluding hydrogens is 487 g/mol. The van der Waals surface area contributed by atoms with Crippen LogP contribution in [0, 0.1) is 0 Å². The van der Waals surface area contributed by atoms with Gasteiger partial charge in [-0.05, 0) is 24.8 Å². The van der Waals surface area contributed by atoms with E-state index in [4.69, 9.17) is 23.2 Å². The average molecular weight is 500 g/mol. The highest BCUT2D eigenvalue weighted by Crippen LogP contribution is 2.33. The summed E-state index contributed by atoms with van der Waals surface area (Å²) >= 11 is 11.7. The van der Waals surface area contributed by atoms with Crippen LogP contribution in [0.3, 0.4) is 0 Å². The molecule has 0 saturated heterocycles. The summed E-state index contributed by atoms with van der Waals surface area (Å²) < 4.78 is 76.3. The zero-order chi connectivity index (χ0) is 23.7. The van der Waals surface area contributed by atoms with Crippen molar-refractivity contribution in [3.05, 3.63) is 63.7 Å². The van der Waals surface area contributed by atoms with E-state index < -0.39 is 35.4 Å². The predicted octanol–water partition coefficient (Wildman–Crippen LogP) is 5.05. The van der Waals surface area contributed by atoms with Gasteiger partial charge in [0.2, 0.25) is 0 Å². The van der Waals surface area contributed by atoms with Crippen molar-refractivity contribution in [1.29, 1.82) is 0 Å². The van der Waals surface area contributed by atoms with Gasteiger partial charge >= 0.3 is 12.4 Å². The lowest BCUT2D eigenvalue weighted by Gasteiger charge is -2.25. The fraction of sp³-hybridized carbons (Fsp3) is 0.278. The van der Waals surface area contributed by atoms with Gasteiger partial charge in [0, 0.05) is 12.4 Å². The van der Waals surface area contributed by atoms with E-state index in [1.165, 1.54) is 4.90 Å². The number of halogens is 8. The van der Waals surface area contributed by atoms with Crippen molar-refractivity contribution in [3.8, 4) is 0 Å². The lowest BCUT2D eigenvalue weighted by molar-refractivity contribution is -0.138. The normalized spacial score (nSPS) is 16.4. The second-order valence-corrected chi connectivity index (χ2v) is 7.44. The Balaban J connectivity index is 1.64. The number of nitrogens with one attached hydrogen (secondary N) is 2. The van der Waals surface area contributed by atoms with Crippen molar-refractivity contribution < 1.29 is 31.1 Å². The molecule has 0 aliphatic carbocycles. The van der Waals surface area contributed by atoms with Crippen molar-refractivity contribution in [2.45, 2.75) is 31.4 Å². The van der Waals surface area contributed by atoms with Gasteiger partial charge in [-0.25, -0.2) is 4.98 Å². The molecule has 2 N–H and O–H groups in total. The molecule has 0 fully saturated rings. The van der Waals surface area contributed by atoms with Crippen LogP contribution in [0.15, 0.2) is 36.8 Å². The Morgan fingerprint density at radius 3 is 2.19 bits per heavy atom. The van der Waals surface area contributed by atoms with Crippen LogP contribution < -0.4 is 10.9 Å². The van der Waals surface area contributed by atoms with Crippen LogP contribution in [0.2, 0.25) is 10.0 Å². The highest BCUT2D eigenvalue weighted by Gasteiger charge is 2.33. The molecule has 0 spiro atoms. The highest BCUT2D eigenvalue weighted by molar-refractivity contribution is 6.33. The summed E-state index contributed by atoms with van der Waals surface area (Å²) in [5, 5.41) is -0.569. The maximum atomic E-state index is 12.8. The topological polar surface area (TPSA) is 70.2 Å². The molecule has 1 aliphatic heterocycles. The third kappa shape index (κ3) is 5.54. The summed E-state index contributed by atoms with van der Waals surface area (Å²) in [5.41, 5.74) is 2.74. The van der Waals surface area contributed by atoms with Crippen molar-refractivity contribution in [3.63, 3.8) is 0 Å². The molecule has 172 valence electrons. The molecule has 1 aliphatic rings. The van der Waals surface area contributed by atoms with Crippen LogP contribution in [0.4, 0.5) is 32.2 Å². The second-order valence-electron chi connectivity index (χ2n) is 6.63. The average Bonchev–Trinajstić information content (AvgIpc) is 3.15. The summed E-state index contributed by atoms with van der Waals surface area (Å²) in [6, 6.07) is 0.624. The zero-order valence-corrected chi connectivity index (χ0v) is 17.2. The summed E-state index contributed by atoms with van der Waals surface area (Å²) in [5.74, 6) is -0.784. The van der Waals surface area contributed by atoms with Crippen molar-refractivity contribution in [2.75, 3.05) is 5.43 Å². The Kier molecular flexibility index (Phi) is 6.75. The largest absolute Gasteiger partial charge is 0.417 e. The van der Waals surface area contributed by atoms with E-state index >= 15 is 0 Å². The van der Waals surface area contributed by atoms with Crippen LogP contribution in [0.5, 0.6) is 0 Å². The minimum Gasteiger partial charge on any atom is -0.360 e. The summed E-state index contributed by atoms with van der Waals surface area (Å²) in [6.07, 6.45) is -4.53. The summed E-state index contributed by atoms with van der Waals surface area (Å²) in [7, 11) is 0. The first-order valence-corrected chi connectivity index (χ1v) is 9.54. The number of pyridine rings is 2. The SMILES string of the molecule is O=C(NNc1ncc(C(F)(F)F)cc1Cl)C1CC=CN1Cc1ncc(C(F)(F)F)cc1Cl. The minimum absolute atomic E-state index is 0.0508. The third-order valence-corrected chi connectivity index (χ3v) is 5.02. The molecule has 6 nitrogen and oxygen atoms in total. The Morgan fingerprint density at radius 1 is 1.03 bits per heavy atom. The van der Waals surface area contributed by atoms with Gasteiger partial charge in [0.05, 0.1) is 33.4 Å². The number of anilines is 1. The lowest BCUT2D eigenvalue weighted by Crippen LogP contribution is -2.44. The Labute approximate surface area is 187 Å². The fourth-order valence-corrected chi connectivity index (χ4v) is 3.22. The van der Waals surface area contributed by atoms with Gasteiger partial charge in [0.15, 0.2) is 5.82 Å². The van der Waals surface area contributed by atoms with Gasteiger partial charge in [-0.3, -0.25) is 20.6 Å². The van der Waals surface area contributed by atoms with E-state index in [2.05, 4.69) is 20.8 Å². The first kappa shape index (κ1) is 23.9. The van der Waals surface area contributed by atoms with E-state index in [0.29, 0.717) is 18.5 Å². The molecule has 2 aromatic heterocycles. The molecule has 1 amide bonds. The molecule has 2 aromatic rings. The Bertz CT molecular complexity index is 1040. The molecule has 3 heterocycles.